The van der Waals surface area contributed by atoms with Gasteiger partial charge in [-0.1, -0.05) is 11.8 Å². The number of rotatable bonds is 8. The van der Waals surface area contributed by atoms with Crippen molar-refractivity contribution >= 4 is 40.8 Å². The molecule has 7 nitrogen and oxygen atoms in total. The fourth-order valence-corrected chi connectivity index (χ4v) is 2.82. The Bertz CT molecular complexity index is 686. The van der Waals surface area contributed by atoms with E-state index in [0.29, 0.717) is 22.7 Å². The van der Waals surface area contributed by atoms with Crippen LogP contribution in [-0.2, 0) is 18.8 Å². The Morgan fingerprint density at radius 1 is 1.30 bits per heavy atom. The van der Waals surface area contributed by atoms with E-state index in [4.69, 9.17) is 18.8 Å². The summed E-state index contributed by atoms with van der Waals surface area (Å²) in [5.74, 6) is 1.23. The van der Waals surface area contributed by atoms with E-state index in [1.807, 2.05) is 34.0 Å². The Balaban J connectivity index is 1.67. The maximum Gasteiger partial charge on any atom is 0.490 e. The number of halogens is 1. The predicted octanol–water partition coefficient (Wildman–Crippen LogP) is 3.67. The van der Waals surface area contributed by atoms with Crippen LogP contribution in [0, 0.1) is 0 Å². The molecule has 0 bridgehead atoms. The fraction of sp³-hybridized carbons (Fsp3) is 0.588. The van der Waals surface area contributed by atoms with E-state index in [9.17, 15) is 4.79 Å². The lowest BCUT2D eigenvalue weighted by Gasteiger charge is -2.32. The zero-order chi connectivity index (χ0) is 20.1. The van der Waals surface area contributed by atoms with Gasteiger partial charge in [0.1, 0.15) is 0 Å². The number of hydrogen-bond donors (Lipinski definition) is 0. The third kappa shape index (κ3) is 5.94. The van der Waals surface area contributed by atoms with Gasteiger partial charge < -0.3 is 18.8 Å². The molecule has 0 aliphatic carbocycles. The highest BCUT2D eigenvalue weighted by molar-refractivity contribution is 9.10. The number of ether oxygens (including phenoxy) is 2. The van der Waals surface area contributed by atoms with E-state index in [-0.39, 0.29) is 23.5 Å². The summed E-state index contributed by atoms with van der Waals surface area (Å²) >= 11 is 4.62. The number of carbonyl (C=O) groups is 1. The van der Waals surface area contributed by atoms with E-state index < -0.39 is 13.1 Å². The number of hydrogen-bond acceptors (Lipinski definition) is 8. The van der Waals surface area contributed by atoms with Crippen molar-refractivity contribution in [3.63, 3.8) is 0 Å². The number of esters is 1. The van der Waals surface area contributed by atoms with Gasteiger partial charge in [-0.25, -0.2) is 14.8 Å². The minimum Gasteiger partial charge on any atom is -0.502 e. The second-order valence-corrected chi connectivity index (χ2v) is 8.49. The third-order valence-electron chi connectivity index (χ3n) is 4.34. The van der Waals surface area contributed by atoms with Gasteiger partial charge in [0.05, 0.1) is 35.2 Å². The summed E-state index contributed by atoms with van der Waals surface area (Å²) in [5.41, 5.74) is -0.528. The molecule has 0 amide bonds. The summed E-state index contributed by atoms with van der Waals surface area (Å²) in [5, 5.41) is 0.515. The van der Waals surface area contributed by atoms with Crippen molar-refractivity contribution < 1.29 is 23.6 Å². The summed E-state index contributed by atoms with van der Waals surface area (Å²) in [4.78, 5) is 20.3. The van der Waals surface area contributed by atoms with Crippen LogP contribution in [0.2, 0.25) is 0 Å². The van der Waals surface area contributed by atoms with Crippen LogP contribution in [0.25, 0.3) is 0 Å². The second-order valence-electron chi connectivity index (χ2n) is 6.87. The van der Waals surface area contributed by atoms with Crippen LogP contribution in [0.5, 0.6) is 0 Å². The lowest BCUT2D eigenvalue weighted by atomic mass is 9.90. The Morgan fingerprint density at radius 2 is 1.96 bits per heavy atom. The molecule has 10 heteroatoms. The molecule has 0 radical (unpaired) electrons. The largest absolute Gasteiger partial charge is 0.502 e. The molecule has 0 unspecified atom stereocenters. The maximum atomic E-state index is 12.1. The van der Waals surface area contributed by atoms with Crippen molar-refractivity contribution in [3.8, 4) is 0 Å². The number of thioether (sulfide) groups is 1. The summed E-state index contributed by atoms with van der Waals surface area (Å²) < 4.78 is 22.8. The minimum absolute atomic E-state index is 0.218. The Hall–Kier alpha value is -1.10. The van der Waals surface area contributed by atoms with Gasteiger partial charge in [0.2, 0.25) is 0 Å². The second kappa shape index (κ2) is 9.40. The van der Waals surface area contributed by atoms with Gasteiger partial charge in [-0.3, -0.25) is 0 Å². The zero-order valence-electron chi connectivity index (χ0n) is 16.2. The average molecular weight is 459 g/mol. The first kappa shape index (κ1) is 22.2. The highest BCUT2D eigenvalue weighted by Gasteiger charge is 2.50. The quantitative estimate of drug-likeness (QED) is 0.146. The summed E-state index contributed by atoms with van der Waals surface area (Å²) in [6.45, 7) is 8.61. The van der Waals surface area contributed by atoms with Gasteiger partial charge in [-0.2, -0.15) is 0 Å². The topological polar surface area (TPSA) is 79.8 Å². The van der Waals surface area contributed by atoms with Crippen molar-refractivity contribution in [1.29, 1.82) is 0 Å². The van der Waals surface area contributed by atoms with Crippen LogP contribution in [0.3, 0.4) is 0 Å². The standard InChI is InChI=1S/C17H24BBrN2O5S/c1-16(2)17(3,4)26-18(25-16)7-10-23-8-6-9-24-14(22)13-12(19)11-20-15(21-13)27-5/h7,10-11H,6,8-9H2,1-5H3/b10-7+. The molecule has 1 aromatic rings. The summed E-state index contributed by atoms with van der Waals surface area (Å²) in [7, 11) is -0.437. The minimum atomic E-state index is -0.493. The monoisotopic (exact) mass is 458 g/mol. The molecule has 0 aromatic carbocycles. The fourth-order valence-electron chi connectivity index (χ4n) is 2.12. The van der Waals surface area contributed by atoms with Crippen LogP contribution in [0.1, 0.15) is 44.6 Å². The molecule has 0 spiro atoms. The molecule has 1 aliphatic heterocycles. The molecule has 1 fully saturated rings. The van der Waals surface area contributed by atoms with E-state index >= 15 is 0 Å². The smallest absolute Gasteiger partial charge is 0.490 e. The van der Waals surface area contributed by atoms with Gasteiger partial charge in [0, 0.05) is 12.6 Å². The molecule has 2 heterocycles. The molecular weight excluding hydrogens is 435 g/mol. The van der Waals surface area contributed by atoms with E-state index in [1.54, 1.807) is 18.4 Å². The van der Waals surface area contributed by atoms with Crippen molar-refractivity contribution in [2.75, 3.05) is 19.5 Å². The highest BCUT2D eigenvalue weighted by Crippen LogP contribution is 2.36. The Labute approximate surface area is 172 Å². The molecule has 0 saturated carbocycles. The third-order valence-corrected chi connectivity index (χ3v) is 5.48. The van der Waals surface area contributed by atoms with Gasteiger partial charge in [-0.15, -0.1) is 0 Å². The molecule has 2 rings (SSSR count). The van der Waals surface area contributed by atoms with Crippen molar-refractivity contribution in [1.82, 2.24) is 9.97 Å². The first-order valence-electron chi connectivity index (χ1n) is 8.54. The predicted molar refractivity (Wildman–Crippen MR) is 108 cm³/mol. The van der Waals surface area contributed by atoms with Crippen molar-refractivity contribution in [2.45, 2.75) is 50.5 Å². The Kier molecular flexibility index (Phi) is 7.73. The SMILES string of the molecule is CSc1ncc(Br)c(C(=O)OCCCO/C=C/B2OC(C)(C)C(C)(C)O2)n1. The molecule has 1 saturated heterocycles. The van der Waals surface area contributed by atoms with Crippen molar-refractivity contribution in [2.24, 2.45) is 0 Å². The van der Waals surface area contributed by atoms with E-state index in [2.05, 4.69) is 25.9 Å². The number of nitrogens with zero attached hydrogens (tertiary/aromatic N) is 2. The highest BCUT2D eigenvalue weighted by atomic mass is 79.9. The van der Waals surface area contributed by atoms with Crippen LogP contribution in [-0.4, -0.2) is 53.7 Å². The van der Waals surface area contributed by atoms with Gasteiger partial charge >= 0.3 is 13.1 Å². The van der Waals surface area contributed by atoms with Crippen LogP contribution >= 0.6 is 27.7 Å². The van der Waals surface area contributed by atoms with Crippen molar-refractivity contribution in [3.05, 3.63) is 28.6 Å². The van der Waals surface area contributed by atoms with Crippen LogP contribution in [0.4, 0.5) is 0 Å². The molecular formula is C17H24BBrN2O5S. The van der Waals surface area contributed by atoms with Gasteiger partial charge in [-0.05, 0) is 55.9 Å². The molecule has 1 aromatic heterocycles. The van der Waals surface area contributed by atoms with Gasteiger partial charge in [0.25, 0.3) is 0 Å². The van der Waals surface area contributed by atoms with Gasteiger partial charge in [0.15, 0.2) is 10.9 Å². The van der Waals surface area contributed by atoms with E-state index in [0.717, 1.165) is 0 Å². The summed E-state index contributed by atoms with van der Waals surface area (Å²) in [6, 6.07) is 0. The first-order chi connectivity index (χ1) is 12.7. The number of carbonyl (C=O) groups excluding carboxylic acids is 1. The zero-order valence-corrected chi connectivity index (χ0v) is 18.6. The van der Waals surface area contributed by atoms with Crippen LogP contribution < -0.4 is 0 Å². The Morgan fingerprint density at radius 3 is 2.59 bits per heavy atom. The summed E-state index contributed by atoms with van der Waals surface area (Å²) in [6.07, 6.45) is 5.49. The molecule has 0 N–H and O–H groups in total. The normalized spacial score (nSPS) is 18.1. The van der Waals surface area contributed by atoms with E-state index in [1.165, 1.54) is 11.8 Å². The first-order valence-corrected chi connectivity index (χ1v) is 10.6. The lowest BCUT2D eigenvalue weighted by Crippen LogP contribution is -2.41. The lowest BCUT2D eigenvalue weighted by molar-refractivity contribution is 0.00578. The molecule has 1 aliphatic rings. The maximum absolute atomic E-state index is 12.1. The number of aromatic nitrogens is 2. The molecule has 148 valence electrons. The molecule has 0 atom stereocenters. The molecule has 27 heavy (non-hydrogen) atoms. The average Bonchev–Trinajstić information content (AvgIpc) is 2.81. The van der Waals surface area contributed by atoms with Crippen LogP contribution in [0.15, 0.2) is 28.1 Å².